The lowest BCUT2D eigenvalue weighted by molar-refractivity contribution is 0.233. The Labute approximate surface area is 117 Å². The number of rotatable bonds is 6. The standard InChI is InChI=1S/C13H18ClFN2O2/c1-9(4-5-18)7-16-13(19)17-8-10-2-3-12(15)11(14)6-10/h2-3,6,9,18H,4-5,7-8H2,1H3,(H2,16,17,19). The van der Waals surface area contributed by atoms with Gasteiger partial charge in [0.05, 0.1) is 5.02 Å². The summed E-state index contributed by atoms with van der Waals surface area (Å²) in [5, 5.41) is 14.1. The van der Waals surface area contributed by atoms with Crippen molar-refractivity contribution in [2.24, 2.45) is 5.92 Å². The van der Waals surface area contributed by atoms with Crippen molar-refractivity contribution < 1.29 is 14.3 Å². The summed E-state index contributed by atoms with van der Waals surface area (Å²) in [6, 6.07) is 4.01. The largest absolute Gasteiger partial charge is 0.396 e. The maximum absolute atomic E-state index is 12.9. The van der Waals surface area contributed by atoms with Crippen LogP contribution in [0.4, 0.5) is 9.18 Å². The monoisotopic (exact) mass is 288 g/mol. The molecule has 1 aromatic rings. The van der Waals surface area contributed by atoms with Gasteiger partial charge < -0.3 is 15.7 Å². The van der Waals surface area contributed by atoms with Gasteiger partial charge in [-0.1, -0.05) is 24.6 Å². The molecule has 0 radical (unpaired) electrons. The lowest BCUT2D eigenvalue weighted by Crippen LogP contribution is -2.37. The van der Waals surface area contributed by atoms with Crippen LogP contribution >= 0.6 is 11.6 Å². The van der Waals surface area contributed by atoms with Gasteiger partial charge in [0.15, 0.2) is 0 Å². The topological polar surface area (TPSA) is 61.4 Å². The summed E-state index contributed by atoms with van der Waals surface area (Å²) in [7, 11) is 0. The molecule has 6 heteroatoms. The molecular formula is C13H18ClFN2O2. The highest BCUT2D eigenvalue weighted by Crippen LogP contribution is 2.15. The van der Waals surface area contributed by atoms with E-state index in [0.717, 1.165) is 5.56 Å². The Kier molecular flexibility index (Phi) is 6.59. The van der Waals surface area contributed by atoms with Crippen LogP contribution in [0.1, 0.15) is 18.9 Å². The molecule has 1 unspecified atom stereocenters. The van der Waals surface area contributed by atoms with Crippen molar-refractivity contribution in [1.82, 2.24) is 10.6 Å². The van der Waals surface area contributed by atoms with Gasteiger partial charge in [-0.3, -0.25) is 0 Å². The maximum Gasteiger partial charge on any atom is 0.315 e. The number of hydrogen-bond donors (Lipinski definition) is 3. The molecule has 0 aliphatic carbocycles. The van der Waals surface area contributed by atoms with Crippen LogP contribution in [0.25, 0.3) is 0 Å². The minimum absolute atomic E-state index is 0.0382. The molecule has 1 aromatic carbocycles. The molecule has 19 heavy (non-hydrogen) atoms. The van der Waals surface area contributed by atoms with Crippen molar-refractivity contribution in [3.63, 3.8) is 0 Å². The number of amides is 2. The molecule has 0 aliphatic heterocycles. The second kappa shape index (κ2) is 7.96. The van der Waals surface area contributed by atoms with E-state index in [1.165, 1.54) is 12.1 Å². The summed E-state index contributed by atoms with van der Waals surface area (Å²) in [5.41, 5.74) is 0.727. The molecule has 4 nitrogen and oxygen atoms in total. The van der Waals surface area contributed by atoms with Crippen molar-refractivity contribution in [3.8, 4) is 0 Å². The Morgan fingerprint density at radius 2 is 2.21 bits per heavy atom. The van der Waals surface area contributed by atoms with Crippen molar-refractivity contribution in [1.29, 1.82) is 0 Å². The van der Waals surface area contributed by atoms with E-state index in [1.807, 2.05) is 6.92 Å². The quantitative estimate of drug-likeness (QED) is 0.752. The highest BCUT2D eigenvalue weighted by Gasteiger charge is 2.05. The number of urea groups is 1. The minimum atomic E-state index is -0.479. The smallest absolute Gasteiger partial charge is 0.315 e. The molecule has 0 fully saturated rings. The Morgan fingerprint density at radius 3 is 2.84 bits per heavy atom. The molecule has 1 atom stereocenters. The number of hydrogen-bond acceptors (Lipinski definition) is 2. The SMILES string of the molecule is CC(CCO)CNC(=O)NCc1ccc(F)c(Cl)c1. The fraction of sp³-hybridized carbons (Fsp3) is 0.462. The number of nitrogens with one attached hydrogen (secondary N) is 2. The third-order valence-electron chi connectivity index (χ3n) is 2.67. The average molecular weight is 289 g/mol. The first-order valence-electron chi connectivity index (χ1n) is 6.09. The van der Waals surface area contributed by atoms with E-state index in [2.05, 4.69) is 10.6 Å². The maximum atomic E-state index is 12.9. The first-order valence-corrected chi connectivity index (χ1v) is 6.47. The van der Waals surface area contributed by atoms with Crippen LogP contribution < -0.4 is 10.6 Å². The zero-order valence-corrected chi connectivity index (χ0v) is 11.5. The van der Waals surface area contributed by atoms with Gasteiger partial charge in [-0.2, -0.15) is 0 Å². The number of benzene rings is 1. The Morgan fingerprint density at radius 1 is 1.47 bits per heavy atom. The van der Waals surface area contributed by atoms with Crippen molar-refractivity contribution in [2.45, 2.75) is 19.9 Å². The minimum Gasteiger partial charge on any atom is -0.396 e. The van der Waals surface area contributed by atoms with Crippen molar-refractivity contribution in [2.75, 3.05) is 13.2 Å². The van der Waals surface area contributed by atoms with Gasteiger partial charge in [-0.05, 0) is 30.0 Å². The molecular weight excluding hydrogens is 271 g/mol. The number of carbonyl (C=O) groups excluding carboxylic acids is 1. The molecule has 3 N–H and O–H groups in total. The molecule has 0 spiro atoms. The summed E-state index contributed by atoms with van der Waals surface area (Å²) in [5.74, 6) is -0.260. The summed E-state index contributed by atoms with van der Waals surface area (Å²) >= 11 is 5.64. The van der Waals surface area contributed by atoms with E-state index in [4.69, 9.17) is 16.7 Å². The van der Waals surface area contributed by atoms with Gasteiger partial charge in [0.2, 0.25) is 0 Å². The Bertz CT molecular complexity index is 429. The van der Waals surface area contributed by atoms with E-state index in [-0.39, 0.29) is 30.1 Å². The molecule has 0 aliphatic rings. The highest BCUT2D eigenvalue weighted by atomic mass is 35.5. The average Bonchev–Trinajstić information content (AvgIpc) is 2.38. The second-order valence-corrected chi connectivity index (χ2v) is 4.84. The number of aliphatic hydroxyl groups excluding tert-OH is 1. The molecule has 0 bridgehead atoms. The number of carbonyl (C=O) groups is 1. The molecule has 106 valence electrons. The lowest BCUT2D eigenvalue weighted by atomic mass is 10.1. The van der Waals surface area contributed by atoms with E-state index < -0.39 is 5.82 Å². The lowest BCUT2D eigenvalue weighted by Gasteiger charge is -2.12. The fourth-order valence-electron chi connectivity index (χ4n) is 1.48. The summed E-state index contributed by atoms with van der Waals surface area (Å²) < 4.78 is 12.9. The van der Waals surface area contributed by atoms with E-state index in [0.29, 0.717) is 13.0 Å². The zero-order valence-electron chi connectivity index (χ0n) is 10.7. The Hall–Kier alpha value is -1.33. The normalized spacial score (nSPS) is 12.0. The summed E-state index contributed by atoms with van der Waals surface area (Å²) in [6.45, 7) is 2.82. The van der Waals surface area contributed by atoms with Crippen LogP contribution in [0, 0.1) is 11.7 Å². The van der Waals surface area contributed by atoms with Crippen LogP contribution in [0.3, 0.4) is 0 Å². The van der Waals surface area contributed by atoms with Gasteiger partial charge >= 0.3 is 6.03 Å². The van der Waals surface area contributed by atoms with Crippen molar-refractivity contribution >= 4 is 17.6 Å². The van der Waals surface area contributed by atoms with Gasteiger partial charge in [-0.25, -0.2) is 9.18 Å². The molecule has 0 aromatic heterocycles. The van der Waals surface area contributed by atoms with Crippen LogP contribution in [-0.4, -0.2) is 24.3 Å². The summed E-state index contributed by atoms with van der Waals surface area (Å²) in [6.07, 6.45) is 0.647. The zero-order chi connectivity index (χ0) is 14.3. The third kappa shape index (κ3) is 5.89. The van der Waals surface area contributed by atoms with Crippen LogP contribution in [0.15, 0.2) is 18.2 Å². The second-order valence-electron chi connectivity index (χ2n) is 4.43. The predicted octanol–water partition coefficient (Wildman–Crippen LogP) is 2.30. The van der Waals surface area contributed by atoms with Gasteiger partial charge in [0.1, 0.15) is 5.82 Å². The number of halogens is 2. The van der Waals surface area contributed by atoms with Gasteiger partial charge in [0, 0.05) is 19.7 Å². The highest BCUT2D eigenvalue weighted by molar-refractivity contribution is 6.30. The molecule has 2 amide bonds. The molecule has 0 saturated heterocycles. The molecule has 1 rings (SSSR count). The van der Waals surface area contributed by atoms with Crippen LogP contribution in [0.2, 0.25) is 5.02 Å². The van der Waals surface area contributed by atoms with E-state index in [9.17, 15) is 9.18 Å². The third-order valence-corrected chi connectivity index (χ3v) is 2.96. The first kappa shape index (κ1) is 15.7. The molecule has 0 heterocycles. The first-order chi connectivity index (χ1) is 9.02. The van der Waals surface area contributed by atoms with Crippen LogP contribution in [0.5, 0.6) is 0 Å². The Balaban J connectivity index is 2.31. The van der Waals surface area contributed by atoms with Crippen molar-refractivity contribution in [3.05, 3.63) is 34.6 Å². The van der Waals surface area contributed by atoms with E-state index >= 15 is 0 Å². The summed E-state index contributed by atoms with van der Waals surface area (Å²) in [4.78, 5) is 11.5. The van der Waals surface area contributed by atoms with Crippen LogP contribution in [-0.2, 0) is 6.54 Å². The fourth-order valence-corrected chi connectivity index (χ4v) is 1.69. The van der Waals surface area contributed by atoms with Gasteiger partial charge in [-0.15, -0.1) is 0 Å². The predicted molar refractivity (Wildman–Crippen MR) is 72.5 cm³/mol. The molecule has 0 saturated carbocycles. The number of aliphatic hydroxyl groups is 1. The van der Waals surface area contributed by atoms with Gasteiger partial charge in [0.25, 0.3) is 0 Å². The van der Waals surface area contributed by atoms with E-state index in [1.54, 1.807) is 6.07 Å².